The molecule has 0 aromatic carbocycles. The van der Waals surface area contributed by atoms with Gasteiger partial charge in [0.15, 0.2) is 0 Å². The third-order valence-electron chi connectivity index (χ3n) is 4.40. The zero-order valence-corrected chi connectivity index (χ0v) is 14.7. The van der Waals surface area contributed by atoms with Gasteiger partial charge in [-0.3, -0.25) is 5.10 Å². The maximum Gasteiger partial charge on any atom is 0.252 e. The zero-order valence-electron chi connectivity index (χ0n) is 13.1. The lowest BCUT2D eigenvalue weighted by Crippen LogP contribution is -2.37. The first-order chi connectivity index (χ1) is 10.4. The van der Waals surface area contributed by atoms with Crippen molar-refractivity contribution in [1.82, 2.24) is 14.5 Å². The van der Waals surface area contributed by atoms with Crippen LogP contribution in [-0.4, -0.2) is 36.0 Å². The maximum atomic E-state index is 12.7. The molecule has 0 radical (unpaired) electrons. The zero-order chi connectivity index (χ0) is 15.9. The monoisotopic (exact) mass is 339 g/mol. The van der Waals surface area contributed by atoms with Gasteiger partial charge in [-0.15, -0.1) is 11.3 Å². The predicted molar refractivity (Wildman–Crippen MR) is 88.5 cm³/mol. The van der Waals surface area contributed by atoms with Gasteiger partial charge in [-0.05, 0) is 50.3 Å². The minimum Gasteiger partial charge on any atom is -0.282 e. The van der Waals surface area contributed by atoms with Crippen molar-refractivity contribution in [2.45, 2.75) is 37.8 Å². The molecule has 1 aliphatic rings. The number of thiophene rings is 1. The number of aromatic nitrogens is 2. The van der Waals surface area contributed by atoms with Crippen LogP contribution in [0.4, 0.5) is 0 Å². The highest BCUT2D eigenvalue weighted by molar-refractivity contribution is 7.91. The molecule has 120 valence electrons. The highest BCUT2D eigenvalue weighted by Gasteiger charge is 2.29. The lowest BCUT2D eigenvalue weighted by atomic mass is 10.0. The van der Waals surface area contributed by atoms with E-state index in [-0.39, 0.29) is 0 Å². The second-order valence-electron chi connectivity index (χ2n) is 6.03. The van der Waals surface area contributed by atoms with E-state index in [0.717, 1.165) is 34.7 Å². The van der Waals surface area contributed by atoms with Gasteiger partial charge in [0.25, 0.3) is 10.0 Å². The van der Waals surface area contributed by atoms with Gasteiger partial charge < -0.3 is 0 Å². The Labute approximate surface area is 135 Å². The Morgan fingerprint density at radius 3 is 2.55 bits per heavy atom. The topological polar surface area (TPSA) is 66.1 Å². The Hall–Kier alpha value is -1.18. The molecular formula is C15H21N3O2S2. The van der Waals surface area contributed by atoms with E-state index in [2.05, 4.69) is 17.1 Å². The van der Waals surface area contributed by atoms with E-state index in [1.54, 1.807) is 10.4 Å². The molecule has 2 aromatic rings. The van der Waals surface area contributed by atoms with Crippen molar-refractivity contribution in [3.63, 3.8) is 0 Å². The predicted octanol–water partition coefficient (Wildman–Crippen LogP) is 3.18. The summed E-state index contributed by atoms with van der Waals surface area (Å²) in [5, 5.41) is 7.23. The van der Waals surface area contributed by atoms with E-state index in [9.17, 15) is 8.42 Å². The first kappa shape index (κ1) is 15.7. The minimum absolute atomic E-state index is 0.414. The fourth-order valence-electron chi connectivity index (χ4n) is 2.66. The Morgan fingerprint density at radius 1 is 1.27 bits per heavy atom. The Kier molecular flexibility index (Phi) is 4.13. The van der Waals surface area contributed by atoms with E-state index in [4.69, 9.17) is 0 Å². The van der Waals surface area contributed by atoms with E-state index in [1.807, 2.05) is 19.9 Å². The molecule has 0 spiro atoms. The van der Waals surface area contributed by atoms with E-state index in [1.165, 1.54) is 11.3 Å². The SMILES string of the molecule is Cc1[nH]nc(-c2ccc(S(=O)(=O)N3CCC(C)CC3)s2)c1C. The summed E-state index contributed by atoms with van der Waals surface area (Å²) in [5.74, 6) is 0.611. The molecule has 1 saturated heterocycles. The first-order valence-corrected chi connectivity index (χ1v) is 9.77. The molecule has 2 aromatic heterocycles. The third-order valence-corrected chi connectivity index (χ3v) is 7.86. The van der Waals surface area contributed by atoms with Crippen LogP contribution in [0.5, 0.6) is 0 Å². The molecule has 0 saturated carbocycles. The molecule has 3 rings (SSSR count). The van der Waals surface area contributed by atoms with Crippen LogP contribution in [-0.2, 0) is 10.0 Å². The Bertz CT molecular complexity index is 769. The van der Waals surface area contributed by atoms with Crippen molar-refractivity contribution in [2.75, 3.05) is 13.1 Å². The standard InChI is InChI=1S/C15H21N3O2S2/c1-10-6-8-18(9-7-10)22(19,20)14-5-4-13(21-14)15-11(2)12(3)16-17-15/h4-5,10H,6-9H2,1-3H3,(H,16,17). The van der Waals surface area contributed by atoms with Crippen LogP contribution in [0.3, 0.4) is 0 Å². The summed E-state index contributed by atoms with van der Waals surface area (Å²) in [4.78, 5) is 0.894. The number of sulfonamides is 1. The first-order valence-electron chi connectivity index (χ1n) is 7.51. The lowest BCUT2D eigenvalue weighted by molar-refractivity contribution is 0.288. The van der Waals surface area contributed by atoms with Gasteiger partial charge in [0.1, 0.15) is 9.90 Å². The van der Waals surface area contributed by atoms with Crippen molar-refractivity contribution < 1.29 is 8.42 Å². The molecular weight excluding hydrogens is 318 g/mol. The van der Waals surface area contributed by atoms with Crippen molar-refractivity contribution in [2.24, 2.45) is 5.92 Å². The average molecular weight is 339 g/mol. The van der Waals surface area contributed by atoms with Gasteiger partial charge in [-0.1, -0.05) is 6.92 Å². The molecule has 1 fully saturated rings. The van der Waals surface area contributed by atoms with E-state index >= 15 is 0 Å². The molecule has 5 nitrogen and oxygen atoms in total. The molecule has 0 aliphatic carbocycles. The smallest absolute Gasteiger partial charge is 0.252 e. The van der Waals surface area contributed by atoms with Crippen molar-refractivity contribution in [3.8, 4) is 10.6 Å². The number of rotatable bonds is 3. The number of nitrogens with one attached hydrogen (secondary N) is 1. The summed E-state index contributed by atoms with van der Waals surface area (Å²) < 4.78 is 27.5. The van der Waals surface area contributed by atoms with Crippen molar-refractivity contribution in [1.29, 1.82) is 0 Å². The Balaban J connectivity index is 1.88. The Morgan fingerprint density at radius 2 is 1.95 bits per heavy atom. The van der Waals surface area contributed by atoms with E-state index < -0.39 is 10.0 Å². The number of nitrogens with zero attached hydrogens (tertiary/aromatic N) is 2. The van der Waals surface area contributed by atoms with Crippen LogP contribution in [0.15, 0.2) is 16.3 Å². The summed E-state index contributed by atoms with van der Waals surface area (Å²) in [6.45, 7) is 7.38. The number of aryl methyl sites for hydroxylation is 1. The molecule has 1 N–H and O–H groups in total. The van der Waals surface area contributed by atoms with Gasteiger partial charge in [-0.2, -0.15) is 9.40 Å². The fourth-order valence-corrected chi connectivity index (χ4v) is 5.64. The van der Waals surface area contributed by atoms with Gasteiger partial charge in [0.05, 0.1) is 4.88 Å². The summed E-state index contributed by atoms with van der Waals surface area (Å²) in [6, 6.07) is 3.56. The molecule has 1 aliphatic heterocycles. The van der Waals surface area contributed by atoms with Crippen molar-refractivity contribution >= 4 is 21.4 Å². The summed E-state index contributed by atoms with van der Waals surface area (Å²) in [5.41, 5.74) is 2.92. The highest BCUT2D eigenvalue weighted by Crippen LogP contribution is 2.34. The summed E-state index contributed by atoms with van der Waals surface area (Å²) in [7, 11) is -3.36. The number of piperidine rings is 1. The normalized spacial score (nSPS) is 18.0. The fraction of sp³-hybridized carbons (Fsp3) is 0.533. The third kappa shape index (κ3) is 2.73. The summed E-state index contributed by atoms with van der Waals surface area (Å²) >= 11 is 1.30. The molecule has 22 heavy (non-hydrogen) atoms. The van der Waals surface area contributed by atoms with Crippen LogP contribution in [0.2, 0.25) is 0 Å². The largest absolute Gasteiger partial charge is 0.282 e. The van der Waals surface area contributed by atoms with Gasteiger partial charge in [0, 0.05) is 18.8 Å². The number of hydrogen-bond donors (Lipinski definition) is 1. The number of hydrogen-bond acceptors (Lipinski definition) is 4. The minimum atomic E-state index is -3.36. The summed E-state index contributed by atoms with van der Waals surface area (Å²) in [6.07, 6.45) is 1.88. The quantitative estimate of drug-likeness (QED) is 0.934. The lowest BCUT2D eigenvalue weighted by Gasteiger charge is -2.28. The molecule has 0 bridgehead atoms. The second kappa shape index (κ2) is 5.79. The number of H-pyrrole nitrogens is 1. The second-order valence-corrected chi connectivity index (χ2v) is 9.28. The van der Waals surface area contributed by atoms with Gasteiger partial charge in [-0.25, -0.2) is 8.42 Å². The van der Waals surface area contributed by atoms with Crippen LogP contribution in [0.1, 0.15) is 31.0 Å². The molecule has 3 heterocycles. The van der Waals surface area contributed by atoms with Gasteiger partial charge >= 0.3 is 0 Å². The molecule has 7 heteroatoms. The maximum absolute atomic E-state index is 12.7. The molecule has 0 unspecified atom stereocenters. The molecule has 0 amide bonds. The highest BCUT2D eigenvalue weighted by atomic mass is 32.2. The molecule has 0 atom stereocenters. The van der Waals surface area contributed by atoms with Crippen LogP contribution < -0.4 is 0 Å². The number of aromatic amines is 1. The average Bonchev–Trinajstić information content (AvgIpc) is 3.08. The van der Waals surface area contributed by atoms with E-state index in [0.29, 0.717) is 23.2 Å². The van der Waals surface area contributed by atoms with Crippen LogP contribution in [0, 0.1) is 19.8 Å². The van der Waals surface area contributed by atoms with Crippen LogP contribution in [0.25, 0.3) is 10.6 Å². The van der Waals surface area contributed by atoms with Crippen molar-refractivity contribution in [3.05, 3.63) is 23.4 Å². The van der Waals surface area contributed by atoms with Gasteiger partial charge in [0.2, 0.25) is 0 Å². The van der Waals surface area contributed by atoms with Crippen LogP contribution >= 0.6 is 11.3 Å².